The van der Waals surface area contributed by atoms with Crippen LogP contribution in [0.2, 0.25) is 0 Å². The zero-order valence-electron chi connectivity index (χ0n) is 17.7. The number of aliphatic hydroxyl groups excluding tert-OH is 1. The molecule has 0 aliphatic heterocycles. The van der Waals surface area contributed by atoms with Crippen LogP contribution in [0.4, 0.5) is 26.3 Å². The molecule has 2 aliphatic rings. The van der Waals surface area contributed by atoms with Gasteiger partial charge in [-0.25, -0.2) is 0 Å². The molecular formula is C26H16F6O2P+. The molecule has 2 aliphatic carbocycles. The Morgan fingerprint density at radius 1 is 0.600 bits per heavy atom. The van der Waals surface area contributed by atoms with Gasteiger partial charge in [0.2, 0.25) is 5.78 Å². The van der Waals surface area contributed by atoms with E-state index in [1.807, 2.05) is 0 Å². The first-order valence-corrected chi connectivity index (χ1v) is 12.2. The molecule has 5 rings (SSSR count). The van der Waals surface area contributed by atoms with Gasteiger partial charge in [-0.2, -0.15) is 26.3 Å². The van der Waals surface area contributed by atoms with Crippen molar-refractivity contribution in [2.75, 3.05) is 0 Å². The standard InChI is InChI=1S/C26H15F6O2P/c27-24(28)21(33)19(22(24)34)20-23(26(31,32)25(20,29)30)35(16-10-4-1-5-11-16,17-12-6-2-7-13-17)18-14-8-3-9-15-18/h1-15H/p+1. The zero-order chi connectivity index (χ0) is 25.2. The molecule has 0 aromatic heterocycles. The summed E-state index contributed by atoms with van der Waals surface area (Å²) in [7, 11) is -3.84. The van der Waals surface area contributed by atoms with Gasteiger partial charge in [-0.15, -0.1) is 0 Å². The minimum absolute atomic E-state index is 0.263. The molecule has 0 amide bonds. The van der Waals surface area contributed by atoms with Crippen molar-refractivity contribution in [1.29, 1.82) is 0 Å². The summed E-state index contributed by atoms with van der Waals surface area (Å²) in [6, 6.07) is 23.3. The van der Waals surface area contributed by atoms with Crippen molar-refractivity contribution in [2.45, 2.75) is 17.8 Å². The highest BCUT2D eigenvalue weighted by Crippen LogP contribution is 2.77. The Balaban J connectivity index is 2.00. The largest absolute Gasteiger partial charge is 0.505 e. The Morgan fingerprint density at radius 3 is 1.31 bits per heavy atom. The minimum Gasteiger partial charge on any atom is -0.505 e. The fourth-order valence-electron chi connectivity index (χ4n) is 4.69. The number of rotatable bonds is 5. The summed E-state index contributed by atoms with van der Waals surface area (Å²) in [5, 5.41) is 9.51. The maximum absolute atomic E-state index is 15.6. The number of alkyl halides is 6. The highest BCUT2D eigenvalue weighted by molar-refractivity contribution is 7.99. The van der Waals surface area contributed by atoms with Crippen molar-refractivity contribution in [2.24, 2.45) is 0 Å². The van der Waals surface area contributed by atoms with E-state index in [0.717, 1.165) is 0 Å². The molecule has 2 nitrogen and oxygen atoms in total. The summed E-state index contributed by atoms with van der Waals surface area (Å²) >= 11 is 0. The first-order chi connectivity index (χ1) is 16.5. The van der Waals surface area contributed by atoms with E-state index in [-0.39, 0.29) is 15.9 Å². The van der Waals surface area contributed by atoms with Gasteiger partial charge in [0.15, 0.2) is 11.1 Å². The molecule has 35 heavy (non-hydrogen) atoms. The van der Waals surface area contributed by atoms with Gasteiger partial charge >= 0.3 is 17.8 Å². The SMILES string of the molecule is O=C1C(C2=C([P+](c3ccccc3)(c3ccccc3)c3ccccc3)C(F)(F)C2(F)F)=C(O)C1(F)F. The molecule has 0 fully saturated rings. The third-order valence-corrected chi connectivity index (χ3v) is 10.7. The number of Topliss-reactive ketones (excluding diaryl/α,β-unsaturated/α-hetero) is 1. The van der Waals surface area contributed by atoms with E-state index in [2.05, 4.69) is 0 Å². The Hall–Kier alpha value is -3.38. The second-order valence-corrected chi connectivity index (χ2v) is 11.5. The Kier molecular flexibility index (Phi) is 5.05. The summed E-state index contributed by atoms with van der Waals surface area (Å²) < 4.78 is 88.9. The lowest BCUT2D eigenvalue weighted by atomic mass is 9.74. The summed E-state index contributed by atoms with van der Waals surface area (Å²) in [6.07, 6.45) is 0. The number of ketones is 1. The van der Waals surface area contributed by atoms with Gasteiger partial charge in [-0.05, 0) is 36.4 Å². The van der Waals surface area contributed by atoms with Gasteiger partial charge in [0, 0.05) is 0 Å². The number of allylic oxidation sites excluding steroid dienone is 4. The topological polar surface area (TPSA) is 37.3 Å². The number of carbonyl (C=O) groups excluding carboxylic acids is 1. The number of benzene rings is 3. The molecule has 0 heterocycles. The van der Waals surface area contributed by atoms with Crippen LogP contribution in [0, 0.1) is 0 Å². The number of halogens is 6. The Labute approximate surface area is 196 Å². The molecule has 0 saturated heterocycles. The van der Waals surface area contributed by atoms with Crippen LogP contribution < -0.4 is 15.9 Å². The molecule has 9 heteroatoms. The lowest BCUT2D eigenvalue weighted by Crippen LogP contribution is -2.60. The molecule has 0 unspecified atom stereocenters. The van der Waals surface area contributed by atoms with Crippen LogP contribution in [0.25, 0.3) is 0 Å². The summed E-state index contributed by atoms with van der Waals surface area (Å²) in [5.41, 5.74) is -2.96. The number of hydrogen-bond acceptors (Lipinski definition) is 2. The lowest BCUT2D eigenvalue weighted by Gasteiger charge is -2.46. The highest BCUT2D eigenvalue weighted by Gasteiger charge is 2.83. The van der Waals surface area contributed by atoms with Gasteiger partial charge in [0.1, 0.15) is 23.2 Å². The van der Waals surface area contributed by atoms with E-state index < -0.39 is 53.0 Å². The van der Waals surface area contributed by atoms with Crippen LogP contribution in [0.1, 0.15) is 0 Å². The molecule has 0 bridgehead atoms. The number of aliphatic hydroxyl groups is 1. The molecule has 3 aromatic carbocycles. The van der Waals surface area contributed by atoms with Gasteiger partial charge in [0.25, 0.3) is 0 Å². The van der Waals surface area contributed by atoms with E-state index in [9.17, 15) is 18.7 Å². The predicted octanol–water partition coefficient (Wildman–Crippen LogP) is 5.55. The van der Waals surface area contributed by atoms with Crippen LogP contribution >= 0.6 is 7.26 Å². The van der Waals surface area contributed by atoms with Gasteiger partial charge in [0.05, 0.1) is 11.1 Å². The zero-order valence-corrected chi connectivity index (χ0v) is 18.6. The second kappa shape index (κ2) is 7.56. The molecule has 0 radical (unpaired) electrons. The molecule has 0 atom stereocenters. The van der Waals surface area contributed by atoms with E-state index in [1.165, 1.54) is 36.4 Å². The maximum Gasteiger partial charge on any atom is 0.372 e. The Bertz CT molecular complexity index is 1290. The first-order valence-electron chi connectivity index (χ1n) is 10.4. The average Bonchev–Trinajstić information content (AvgIpc) is 2.87. The molecule has 0 spiro atoms. The van der Waals surface area contributed by atoms with Crippen molar-refractivity contribution >= 4 is 29.0 Å². The maximum atomic E-state index is 15.6. The van der Waals surface area contributed by atoms with E-state index in [4.69, 9.17) is 0 Å². The second-order valence-electron chi connectivity index (χ2n) is 8.18. The van der Waals surface area contributed by atoms with Crippen LogP contribution in [0.5, 0.6) is 0 Å². The third kappa shape index (κ3) is 2.86. The minimum atomic E-state index is -4.94. The fourth-order valence-corrected chi connectivity index (χ4v) is 9.37. The summed E-state index contributed by atoms with van der Waals surface area (Å²) in [6.45, 7) is 0. The Morgan fingerprint density at radius 2 is 0.971 bits per heavy atom. The van der Waals surface area contributed by atoms with Crippen molar-refractivity contribution < 1.29 is 36.2 Å². The summed E-state index contributed by atoms with van der Waals surface area (Å²) in [5.74, 6) is -18.2. The van der Waals surface area contributed by atoms with Crippen molar-refractivity contribution in [1.82, 2.24) is 0 Å². The summed E-state index contributed by atoms with van der Waals surface area (Å²) in [4.78, 5) is 12.1. The fraction of sp³-hybridized carbons (Fsp3) is 0.115. The van der Waals surface area contributed by atoms with Crippen molar-refractivity contribution in [3.8, 4) is 0 Å². The van der Waals surface area contributed by atoms with E-state index in [1.54, 1.807) is 54.6 Å². The van der Waals surface area contributed by atoms with Crippen LogP contribution in [-0.2, 0) is 4.79 Å². The van der Waals surface area contributed by atoms with Gasteiger partial charge in [-0.3, -0.25) is 4.79 Å². The van der Waals surface area contributed by atoms with Crippen molar-refractivity contribution in [3.63, 3.8) is 0 Å². The number of carbonyl (C=O) groups is 1. The number of hydrogen-bond donors (Lipinski definition) is 1. The quantitative estimate of drug-likeness (QED) is 0.365. The van der Waals surface area contributed by atoms with Crippen LogP contribution in [0.3, 0.4) is 0 Å². The highest BCUT2D eigenvalue weighted by atomic mass is 31.2. The predicted molar refractivity (Wildman–Crippen MR) is 122 cm³/mol. The molecule has 3 aromatic rings. The van der Waals surface area contributed by atoms with Crippen molar-refractivity contribution in [3.05, 3.63) is 113 Å². The molecule has 0 saturated carbocycles. The molecule has 1 N–H and O–H groups in total. The lowest BCUT2D eigenvalue weighted by molar-refractivity contribution is -0.185. The molecular weight excluding hydrogens is 489 g/mol. The normalized spacial score (nSPS) is 20.3. The van der Waals surface area contributed by atoms with Gasteiger partial charge < -0.3 is 5.11 Å². The van der Waals surface area contributed by atoms with Crippen LogP contribution in [0.15, 0.2) is 113 Å². The van der Waals surface area contributed by atoms with Crippen LogP contribution in [-0.4, -0.2) is 28.7 Å². The molecule has 178 valence electrons. The third-order valence-electron chi connectivity index (χ3n) is 6.30. The average molecular weight is 505 g/mol. The van der Waals surface area contributed by atoms with Gasteiger partial charge in [-0.1, -0.05) is 54.6 Å². The monoisotopic (exact) mass is 505 g/mol. The first kappa shape index (κ1) is 23.4. The smallest absolute Gasteiger partial charge is 0.372 e. The van der Waals surface area contributed by atoms with E-state index in [0.29, 0.717) is 0 Å². The van der Waals surface area contributed by atoms with E-state index >= 15 is 17.6 Å².